The summed E-state index contributed by atoms with van der Waals surface area (Å²) < 4.78 is 0. The van der Waals surface area contributed by atoms with Gasteiger partial charge >= 0.3 is 0 Å². The Morgan fingerprint density at radius 3 is 2.77 bits per heavy atom. The topological polar surface area (TPSA) is 16.6 Å². The zero-order chi connectivity index (χ0) is 16.1. The van der Waals surface area contributed by atoms with E-state index in [0.29, 0.717) is 5.54 Å². The highest BCUT2D eigenvalue weighted by atomic mass is 15.0. The maximum Gasteiger partial charge on any atom is 0.0726 e. The summed E-state index contributed by atoms with van der Waals surface area (Å²) >= 11 is 0. The van der Waals surface area contributed by atoms with E-state index in [1.54, 1.807) is 5.57 Å². The summed E-state index contributed by atoms with van der Waals surface area (Å²) in [7, 11) is 4.21. The standard InChI is InChI=1S/C21H35N/c1-13(2)11-16-12-15(4)17-9-10-21(5,22-6)18-8-7-14(3)19(16)20(17)18/h15-20H,1,3,6-12,22H2,2,4-5H3. The monoisotopic (exact) mass is 301 g/mol. The van der Waals surface area contributed by atoms with E-state index in [4.69, 9.17) is 0 Å². The molecule has 0 aliphatic heterocycles. The fraction of sp³-hybridized carbons (Fsp3) is 0.762. The Bertz CT molecular complexity index is 465. The van der Waals surface area contributed by atoms with E-state index in [-0.39, 0.29) is 0 Å². The van der Waals surface area contributed by atoms with Gasteiger partial charge in [-0.05, 0) is 75.5 Å². The van der Waals surface area contributed by atoms with Crippen molar-refractivity contribution in [2.75, 3.05) is 0 Å². The number of allylic oxidation sites excluding steroid dienone is 2. The molecule has 0 spiro atoms. The Labute approximate surface area is 137 Å². The third-order valence-corrected chi connectivity index (χ3v) is 7.48. The van der Waals surface area contributed by atoms with Gasteiger partial charge in [0, 0.05) is 12.3 Å². The molecule has 1 heteroatoms. The van der Waals surface area contributed by atoms with Crippen molar-refractivity contribution in [2.24, 2.45) is 35.5 Å². The van der Waals surface area contributed by atoms with Gasteiger partial charge in [0.1, 0.15) is 0 Å². The van der Waals surface area contributed by atoms with Crippen LogP contribution in [-0.4, -0.2) is 5.54 Å². The molecule has 3 aliphatic carbocycles. The normalized spacial score (nSPS) is 47.9. The van der Waals surface area contributed by atoms with Crippen molar-refractivity contribution >= 4 is 0 Å². The summed E-state index contributed by atoms with van der Waals surface area (Å²) in [4.78, 5) is 0. The SMILES string of the molecule is C=C(C)CC1CC(C)C2CCC(C)([NH2+][CH2-])C3CCC(=C)C1C23. The summed E-state index contributed by atoms with van der Waals surface area (Å²) in [6.07, 6.45) is 7.91. The van der Waals surface area contributed by atoms with E-state index >= 15 is 0 Å². The molecule has 7 unspecified atom stereocenters. The van der Waals surface area contributed by atoms with Gasteiger partial charge in [-0.1, -0.05) is 24.6 Å². The van der Waals surface area contributed by atoms with Gasteiger partial charge in [-0.25, -0.2) is 0 Å². The van der Waals surface area contributed by atoms with Crippen LogP contribution in [-0.2, 0) is 0 Å². The van der Waals surface area contributed by atoms with Gasteiger partial charge in [0.25, 0.3) is 0 Å². The maximum absolute atomic E-state index is 4.53. The highest BCUT2D eigenvalue weighted by Crippen LogP contribution is 2.59. The minimum atomic E-state index is 0.352. The average Bonchev–Trinajstić information content (AvgIpc) is 2.45. The molecule has 3 saturated carbocycles. The minimum Gasteiger partial charge on any atom is -0.474 e. The van der Waals surface area contributed by atoms with Crippen LogP contribution in [0.15, 0.2) is 24.3 Å². The first kappa shape index (κ1) is 16.3. The van der Waals surface area contributed by atoms with E-state index < -0.39 is 0 Å². The van der Waals surface area contributed by atoms with Crippen LogP contribution in [0.2, 0.25) is 0 Å². The summed E-state index contributed by atoms with van der Waals surface area (Å²) in [6.45, 7) is 15.9. The van der Waals surface area contributed by atoms with E-state index in [0.717, 1.165) is 35.5 Å². The first-order chi connectivity index (χ1) is 10.4. The smallest absolute Gasteiger partial charge is 0.0726 e. The first-order valence-corrected chi connectivity index (χ1v) is 9.33. The van der Waals surface area contributed by atoms with E-state index in [9.17, 15) is 0 Å². The first-order valence-electron chi connectivity index (χ1n) is 9.33. The van der Waals surface area contributed by atoms with Crippen LogP contribution in [0, 0.1) is 42.6 Å². The lowest BCUT2D eigenvalue weighted by molar-refractivity contribution is -0.688. The lowest BCUT2D eigenvalue weighted by Gasteiger charge is -2.60. The predicted octanol–water partition coefficient (Wildman–Crippen LogP) is 4.33. The fourth-order valence-electron chi connectivity index (χ4n) is 6.43. The molecule has 7 atom stereocenters. The molecule has 0 aromatic carbocycles. The van der Waals surface area contributed by atoms with Gasteiger partial charge in [0.05, 0.1) is 5.54 Å². The van der Waals surface area contributed by atoms with Crippen molar-refractivity contribution in [2.45, 2.75) is 64.8 Å². The third-order valence-electron chi connectivity index (χ3n) is 7.48. The maximum atomic E-state index is 4.53. The number of nitrogens with two attached hydrogens (primary N) is 1. The Hall–Kier alpha value is -0.560. The Morgan fingerprint density at radius 2 is 2.14 bits per heavy atom. The van der Waals surface area contributed by atoms with Crippen molar-refractivity contribution < 1.29 is 5.32 Å². The van der Waals surface area contributed by atoms with Crippen molar-refractivity contribution in [3.8, 4) is 0 Å². The number of hydrogen-bond acceptors (Lipinski definition) is 0. The van der Waals surface area contributed by atoms with Crippen LogP contribution in [0.25, 0.3) is 0 Å². The molecule has 0 radical (unpaired) electrons. The zero-order valence-corrected chi connectivity index (χ0v) is 14.9. The molecule has 0 heterocycles. The zero-order valence-electron chi connectivity index (χ0n) is 14.9. The van der Waals surface area contributed by atoms with Gasteiger partial charge in [-0.2, -0.15) is 7.05 Å². The van der Waals surface area contributed by atoms with Crippen LogP contribution < -0.4 is 5.32 Å². The van der Waals surface area contributed by atoms with Crippen molar-refractivity contribution in [3.63, 3.8) is 0 Å². The molecule has 2 N–H and O–H groups in total. The van der Waals surface area contributed by atoms with Crippen LogP contribution in [0.3, 0.4) is 0 Å². The van der Waals surface area contributed by atoms with E-state index in [2.05, 4.69) is 46.3 Å². The Morgan fingerprint density at radius 1 is 1.41 bits per heavy atom. The second kappa shape index (κ2) is 5.82. The summed E-state index contributed by atoms with van der Waals surface area (Å²) in [5.41, 5.74) is 3.26. The van der Waals surface area contributed by atoms with Crippen LogP contribution in [0.4, 0.5) is 0 Å². The fourth-order valence-corrected chi connectivity index (χ4v) is 6.43. The van der Waals surface area contributed by atoms with E-state index in [1.807, 2.05) is 0 Å². The van der Waals surface area contributed by atoms with Gasteiger partial charge in [0.2, 0.25) is 0 Å². The van der Waals surface area contributed by atoms with Crippen LogP contribution in [0.5, 0.6) is 0 Å². The second-order valence-corrected chi connectivity index (χ2v) is 8.95. The summed E-state index contributed by atoms with van der Waals surface area (Å²) in [5.74, 6) is 5.00. The summed E-state index contributed by atoms with van der Waals surface area (Å²) in [5, 5.41) is 2.28. The van der Waals surface area contributed by atoms with Gasteiger partial charge < -0.3 is 5.32 Å². The molecular weight excluding hydrogens is 266 g/mol. The molecule has 0 aromatic heterocycles. The quantitative estimate of drug-likeness (QED) is 0.590. The molecule has 3 aliphatic rings. The number of hydrogen-bond donors (Lipinski definition) is 1. The lowest BCUT2D eigenvalue weighted by Crippen LogP contribution is -2.94. The van der Waals surface area contributed by atoms with E-state index in [1.165, 1.54) is 44.1 Å². The molecule has 0 aromatic rings. The van der Waals surface area contributed by atoms with Crippen LogP contribution >= 0.6 is 0 Å². The molecule has 3 fully saturated rings. The highest BCUT2D eigenvalue weighted by molar-refractivity contribution is 5.18. The molecule has 22 heavy (non-hydrogen) atoms. The average molecular weight is 302 g/mol. The van der Waals surface area contributed by atoms with Gasteiger partial charge in [-0.3, -0.25) is 0 Å². The number of quaternary nitrogens is 1. The second-order valence-electron chi connectivity index (χ2n) is 8.95. The molecular formula is C21H35N. The van der Waals surface area contributed by atoms with Gasteiger partial charge in [-0.15, -0.1) is 6.58 Å². The lowest BCUT2D eigenvalue weighted by atomic mass is 9.46. The minimum absolute atomic E-state index is 0.352. The Balaban J connectivity index is 1.96. The molecule has 0 amide bonds. The highest BCUT2D eigenvalue weighted by Gasteiger charge is 2.56. The molecule has 0 bridgehead atoms. The van der Waals surface area contributed by atoms with Crippen molar-refractivity contribution in [1.29, 1.82) is 0 Å². The summed E-state index contributed by atoms with van der Waals surface area (Å²) in [6, 6.07) is 0. The van der Waals surface area contributed by atoms with Gasteiger partial charge in [0.15, 0.2) is 0 Å². The predicted molar refractivity (Wildman–Crippen MR) is 94.0 cm³/mol. The third kappa shape index (κ3) is 2.50. The largest absolute Gasteiger partial charge is 0.474 e. The Kier molecular flexibility index (Phi) is 4.31. The number of rotatable bonds is 3. The molecule has 1 nitrogen and oxygen atoms in total. The van der Waals surface area contributed by atoms with Crippen molar-refractivity contribution in [1.82, 2.24) is 0 Å². The molecule has 0 saturated heterocycles. The van der Waals surface area contributed by atoms with Crippen molar-refractivity contribution in [3.05, 3.63) is 31.4 Å². The molecule has 3 rings (SSSR count). The molecule has 124 valence electrons. The van der Waals surface area contributed by atoms with Crippen LogP contribution in [0.1, 0.15) is 59.3 Å².